The number of imidazole rings is 1. The normalized spacial score (nSPS) is 17.7. The average Bonchev–Trinajstić information content (AvgIpc) is 3.63. The molecular formula is C29H24F3N3O5. The number of carbonyl (C=O) groups excluding carboxylic acids is 1. The Kier molecular flexibility index (Phi) is 6.16. The fraction of sp³-hybridized carbons (Fsp3) is 0.276. The van der Waals surface area contributed by atoms with Crippen molar-refractivity contribution in [3.8, 4) is 17.2 Å². The number of rotatable bonds is 6. The SMILES string of the molecule is CCc1nc2ccccc2n1-c1cccc2c1OC[C@@H]2N(C(=O)C(F)(F)F)c1ccc2c(c1)OC[C@H]2CC(=O)O. The average molecular weight is 552 g/mol. The maximum Gasteiger partial charge on any atom is 0.471 e. The number of anilines is 1. The first-order chi connectivity index (χ1) is 19.2. The minimum absolute atomic E-state index is 0.0220. The van der Waals surface area contributed by atoms with Crippen molar-refractivity contribution < 1.29 is 37.3 Å². The molecule has 3 heterocycles. The van der Waals surface area contributed by atoms with Crippen molar-refractivity contribution in [3.05, 3.63) is 77.6 Å². The molecule has 0 fully saturated rings. The quantitative estimate of drug-likeness (QED) is 0.337. The molecule has 1 aromatic heterocycles. The fourth-order valence-electron chi connectivity index (χ4n) is 5.56. The second-order valence-electron chi connectivity index (χ2n) is 9.73. The smallest absolute Gasteiger partial charge is 0.471 e. The molecule has 0 saturated heterocycles. The maximum atomic E-state index is 13.9. The zero-order chi connectivity index (χ0) is 28.2. The lowest BCUT2D eigenvalue weighted by Crippen LogP contribution is -2.44. The van der Waals surface area contributed by atoms with Crippen LogP contribution in [0, 0.1) is 0 Å². The molecule has 3 aromatic carbocycles. The summed E-state index contributed by atoms with van der Waals surface area (Å²) >= 11 is 0. The number of para-hydroxylation sites is 3. The number of carboxylic acid groups (broad SMARTS) is 1. The van der Waals surface area contributed by atoms with Crippen LogP contribution in [0.2, 0.25) is 0 Å². The lowest BCUT2D eigenvalue weighted by Gasteiger charge is -2.29. The molecule has 0 spiro atoms. The number of ether oxygens (including phenoxy) is 2. The van der Waals surface area contributed by atoms with Crippen molar-refractivity contribution in [2.45, 2.75) is 37.9 Å². The van der Waals surface area contributed by atoms with Gasteiger partial charge in [-0.25, -0.2) is 4.98 Å². The van der Waals surface area contributed by atoms with Gasteiger partial charge in [-0.15, -0.1) is 0 Å². The molecule has 2 atom stereocenters. The Bertz CT molecular complexity index is 1650. The summed E-state index contributed by atoms with van der Waals surface area (Å²) in [5.74, 6) is -2.08. The number of hydrogen-bond acceptors (Lipinski definition) is 5. The number of hydrogen-bond donors (Lipinski definition) is 1. The number of aryl methyl sites for hydroxylation is 1. The van der Waals surface area contributed by atoms with Gasteiger partial charge in [0.2, 0.25) is 0 Å². The van der Waals surface area contributed by atoms with Crippen LogP contribution in [-0.4, -0.2) is 45.9 Å². The molecule has 0 radical (unpaired) electrons. The van der Waals surface area contributed by atoms with Crippen LogP contribution in [0.15, 0.2) is 60.7 Å². The van der Waals surface area contributed by atoms with Gasteiger partial charge in [0.25, 0.3) is 0 Å². The third-order valence-corrected chi connectivity index (χ3v) is 7.31. The number of carbonyl (C=O) groups is 2. The molecule has 0 unspecified atom stereocenters. The van der Waals surface area contributed by atoms with E-state index in [1.165, 1.54) is 18.2 Å². The number of halogens is 3. The van der Waals surface area contributed by atoms with Gasteiger partial charge >= 0.3 is 18.1 Å². The summed E-state index contributed by atoms with van der Waals surface area (Å²) in [4.78, 5) is 29.5. The van der Waals surface area contributed by atoms with Crippen LogP contribution in [-0.2, 0) is 16.0 Å². The summed E-state index contributed by atoms with van der Waals surface area (Å²) in [5.41, 5.74) is 3.22. The molecule has 2 aliphatic heterocycles. The molecule has 1 amide bonds. The summed E-state index contributed by atoms with van der Waals surface area (Å²) in [5, 5.41) is 9.17. The van der Waals surface area contributed by atoms with Crippen LogP contribution < -0.4 is 14.4 Å². The Balaban J connectivity index is 1.45. The third kappa shape index (κ3) is 4.21. The second kappa shape index (κ2) is 9.58. The minimum Gasteiger partial charge on any atom is -0.493 e. The minimum atomic E-state index is -5.15. The molecule has 206 valence electrons. The van der Waals surface area contributed by atoms with Crippen molar-refractivity contribution in [1.29, 1.82) is 0 Å². The fourth-order valence-corrected chi connectivity index (χ4v) is 5.56. The first kappa shape index (κ1) is 25.7. The van der Waals surface area contributed by atoms with E-state index < -0.39 is 30.0 Å². The Morgan fingerprint density at radius 2 is 1.85 bits per heavy atom. The van der Waals surface area contributed by atoms with E-state index in [-0.39, 0.29) is 31.1 Å². The van der Waals surface area contributed by atoms with Crippen molar-refractivity contribution in [2.75, 3.05) is 18.1 Å². The first-order valence-electron chi connectivity index (χ1n) is 12.8. The highest BCUT2D eigenvalue weighted by atomic mass is 19.4. The number of benzene rings is 3. The summed E-state index contributed by atoms with van der Waals surface area (Å²) in [6.07, 6.45) is -4.71. The molecule has 8 nitrogen and oxygen atoms in total. The number of nitrogens with zero attached hydrogens (tertiary/aromatic N) is 3. The summed E-state index contributed by atoms with van der Waals surface area (Å²) in [6, 6.07) is 16.0. The number of aromatic nitrogens is 2. The van der Waals surface area contributed by atoms with Crippen LogP contribution >= 0.6 is 0 Å². The molecule has 2 aliphatic rings. The topological polar surface area (TPSA) is 93.9 Å². The Morgan fingerprint density at radius 1 is 1.05 bits per heavy atom. The number of carboxylic acids is 1. The molecule has 0 bridgehead atoms. The number of alkyl halides is 3. The molecular weight excluding hydrogens is 527 g/mol. The van der Waals surface area contributed by atoms with Crippen molar-refractivity contribution in [1.82, 2.24) is 9.55 Å². The predicted octanol–water partition coefficient (Wildman–Crippen LogP) is 5.57. The first-order valence-corrected chi connectivity index (χ1v) is 12.8. The largest absolute Gasteiger partial charge is 0.493 e. The maximum absolute atomic E-state index is 13.9. The molecule has 0 aliphatic carbocycles. The summed E-state index contributed by atoms with van der Waals surface area (Å²) in [6.45, 7) is 1.86. The van der Waals surface area contributed by atoms with E-state index in [0.29, 0.717) is 33.9 Å². The van der Waals surface area contributed by atoms with Gasteiger partial charge in [0.05, 0.1) is 35.8 Å². The zero-order valence-electron chi connectivity index (χ0n) is 21.3. The van der Waals surface area contributed by atoms with Crippen molar-refractivity contribution in [3.63, 3.8) is 0 Å². The number of amides is 1. The summed E-state index contributed by atoms with van der Waals surface area (Å²) in [7, 11) is 0. The Hall–Kier alpha value is -4.54. The number of aliphatic carboxylic acids is 1. The van der Waals surface area contributed by atoms with E-state index in [9.17, 15) is 27.9 Å². The van der Waals surface area contributed by atoms with Crippen molar-refractivity contribution in [2.24, 2.45) is 0 Å². The van der Waals surface area contributed by atoms with E-state index in [0.717, 1.165) is 16.9 Å². The Morgan fingerprint density at radius 3 is 2.60 bits per heavy atom. The van der Waals surface area contributed by atoms with Crippen LogP contribution in [0.4, 0.5) is 18.9 Å². The number of fused-ring (bicyclic) bond motifs is 3. The monoisotopic (exact) mass is 551 g/mol. The van der Waals surface area contributed by atoms with Gasteiger partial charge in [-0.1, -0.05) is 37.3 Å². The molecule has 1 N–H and O–H groups in total. The zero-order valence-corrected chi connectivity index (χ0v) is 21.3. The molecule has 4 aromatic rings. The summed E-state index contributed by atoms with van der Waals surface area (Å²) < 4.78 is 55.4. The van der Waals surface area contributed by atoms with Gasteiger partial charge in [-0.2, -0.15) is 13.2 Å². The van der Waals surface area contributed by atoms with Crippen LogP contribution in [0.3, 0.4) is 0 Å². The highest BCUT2D eigenvalue weighted by molar-refractivity contribution is 5.98. The lowest BCUT2D eigenvalue weighted by atomic mass is 9.97. The van der Waals surface area contributed by atoms with E-state index in [1.54, 1.807) is 12.1 Å². The Labute approximate surface area is 226 Å². The highest BCUT2D eigenvalue weighted by Gasteiger charge is 2.48. The second-order valence-corrected chi connectivity index (χ2v) is 9.73. The standard InChI is InChI=1S/C29H24F3N3O5/c1-2-25-33-20-7-3-4-8-21(20)35(25)22-9-5-6-19-23(15-40-27(19)22)34(28(38)29(30,31)32)17-10-11-18-16(12-26(36)37)14-39-24(18)13-17/h3-11,13,16,23H,2,12,14-15H2,1H3,(H,36,37)/t16-,23+/m1/s1. The van der Waals surface area contributed by atoms with Crippen LogP contribution in [0.5, 0.6) is 11.5 Å². The van der Waals surface area contributed by atoms with Gasteiger partial charge < -0.3 is 14.6 Å². The molecule has 0 saturated carbocycles. The van der Waals surface area contributed by atoms with Gasteiger partial charge in [0.1, 0.15) is 23.9 Å². The van der Waals surface area contributed by atoms with Gasteiger partial charge in [0, 0.05) is 35.2 Å². The highest BCUT2D eigenvalue weighted by Crippen LogP contribution is 2.46. The third-order valence-electron chi connectivity index (χ3n) is 7.31. The van der Waals surface area contributed by atoms with Gasteiger partial charge in [0.15, 0.2) is 0 Å². The van der Waals surface area contributed by atoms with Crippen LogP contribution in [0.25, 0.3) is 16.7 Å². The van der Waals surface area contributed by atoms with Gasteiger partial charge in [-0.05, 0) is 24.3 Å². The van der Waals surface area contributed by atoms with Crippen LogP contribution in [0.1, 0.15) is 42.3 Å². The lowest BCUT2D eigenvalue weighted by molar-refractivity contribution is -0.171. The van der Waals surface area contributed by atoms with Crippen molar-refractivity contribution >= 4 is 28.6 Å². The molecule has 11 heteroatoms. The molecule has 6 rings (SSSR count). The van der Waals surface area contributed by atoms with E-state index in [2.05, 4.69) is 0 Å². The molecule has 40 heavy (non-hydrogen) atoms. The van der Waals surface area contributed by atoms with E-state index in [1.807, 2.05) is 41.8 Å². The van der Waals surface area contributed by atoms with Gasteiger partial charge in [-0.3, -0.25) is 19.1 Å². The predicted molar refractivity (Wildman–Crippen MR) is 139 cm³/mol. The van der Waals surface area contributed by atoms with E-state index >= 15 is 0 Å². The van der Waals surface area contributed by atoms with E-state index in [4.69, 9.17) is 14.5 Å².